The van der Waals surface area contributed by atoms with Crippen LogP contribution < -0.4 is 19.5 Å². The van der Waals surface area contributed by atoms with Crippen molar-refractivity contribution in [3.63, 3.8) is 0 Å². The van der Waals surface area contributed by atoms with Gasteiger partial charge in [0.05, 0.1) is 28.6 Å². The van der Waals surface area contributed by atoms with Gasteiger partial charge in [0.25, 0.3) is 16.8 Å². The zero-order chi connectivity index (χ0) is 26.8. The molecule has 13 heteroatoms. The summed E-state index contributed by atoms with van der Waals surface area (Å²) in [6.45, 7) is 0.339. The van der Waals surface area contributed by atoms with E-state index < -0.39 is 28.5 Å². The third kappa shape index (κ3) is 5.04. The van der Waals surface area contributed by atoms with E-state index in [9.17, 15) is 24.5 Å². The number of hydrogen-bond acceptors (Lipinski definition) is 10. The van der Waals surface area contributed by atoms with Crippen LogP contribution in [-0.4, -0.2) is 53.7 Å². The topological polar surface area (TPSA) is 150 Å². The van der Waals surface area contributed by atoms with Crippen LogP contribution in [0.4, 0.5) is 16.2 Å². The van der Waals surface area contributed by atoms with Gasteiger partial charge in [-0.2, -0.15) is 0 Å². The zero-order valence-electron chi connectivity index (χ0n) is 19.8. The van der Waals surface area contributed by atoms with Crippen LogP contribution in [0.15, 0.2) is 57.9 Å². The highest BCUT2D eigenvalue weighted by Crippen LogP contribution is 2.37. The first-order valence-electron chi connectivity index (χ1n) is 11.2. The normalized spacial score (nSPS) is 15.6. The Hall–Kier alpha value is -4.78. The van der Waals surface area contributed by atoms with Crippen molar-refractivity contribution in [2.24, 2.45) is 0 Å². The lowest BCUT2D eigenvalue weighted by Crippen LogP contribution is -2.36. The number of furan rings is 1. The van der Waals surface area contributed by atoms with E-state index in [2.05, 4.69) is 5.32 Å². The van der Waals surface area contributed by atoms with Crippen molar-refractivity contribution >= 4 is 46.3 Å². The van der Waals surface area contributed by atoms with Crippen molar-refractivity contribution in [1.82, 2.24) is 4.90 Å². The second-order valence-corrected chi connectivity index (χ2v) is 9.01. The predicted molar refractivity (Wildman–Crippen MR) is 136 cm³/mol. The summed E-state index contributed by atoms with van der Waals surface area (Å²) in [6, 6.07) is 12.3. The molecule has 0 unspecified atom stereocenters. The van der Waals surface area contributed by atoms with Gasteiger partial charge in [0.15, 0.2) is 11.5 Å². The molecule has 3 aromatic rings. The minimum Gasteiger partial charge on any atom is -0.497 e. The molecule has 2 aliphatic heterocycles. The standard InChI is InChI=1S/C25H19N3O9S/c1-34-15-3-5-17(18(11-15)28(32)33)19-7-4-16(37-19)12-22-24(30)27(25(31)38-22)13-23(29)26-14-2-6-20-21(10-14)36-9-8-35-20/h2-7,10-12H,8-9,13H2,1H3,(H,26,29)/b22-12+. The molecule has 1 aromatic heterocycles. The molecule has 194 valence electrons. The first-order valence-corrected chi connectivity index (χ1v) is 12.0. The third-order valence-corrected chi connectivity index (χ3v) is 6.48. The van der Waals surface area contributed by atoms with Crippen molar-refractivity contribution in [1.29, 1.82) is 0 Å². The Morgan fingerprint density at radius 1 is 1.13 bits per heavy atom. The van der Waals surface area contributed by atoms with Crippen molar-refractivity contribution in [2.75, 3.05) is 32.2 Å². The predicted octanol–water partition coefficient (Wildman–Crippen LogP) is 4.31. The first-order chi connectivity index (χ1) is 18.3. The van der Waals surface area contributed by atoms with Gasteiger partial charge in [0.2, 0.25) is 5.91 Å². The number of carbonyl (C=O) groups excluding carboxylic acids is 3. The Kier molecular flexibility index (Phi) is 6.75. The summed E-state index contributed by atoms with van der Waals surface area (Å²) in [7, 11) is 1.40. The molecule has 1 saturated heterocycles. The number of benzene rings is 2. The van der Waals surface area contributed by atoms with Gasteiger partial charge < -0.3 is 23.9 Å². The van der Waals surface area contributed by atoms with Crippen molar-refractivity contribution in [3.8, 4) is 28.6 Å². The van der Waals surface area contributed by atoms with E-state index in [1.54, 1.807) is 24.3 Å². The number of thioether (sulfide) groups is 1. The van der Waals surface area contributed by atoms with Crippen molar-refractivity contribution < 1.29 is 37.9 Å². The molecule has 0 atom stereocenters. The SMILES string of the molecule is COc1ccc(-c2ccc(/C=C3/SC(=O)N(CC(=O)Nc4ccc5c(c4)OCCO5)C3=O)o2)c([N+](=O)[O-])c1. The molecule has 3 amide bonds. The largest absolute Gasteiger partial charge is 0.497 e. The molecule has 0 aliphatic carbocycles. The lowest BCUT2D eigenvalue weighted by Gasteiger charge is -2.19. The molecule has 12 nitrogen and oxygen atoms in total. The molecule has 0 spiro atoms. The monoisotopic (exact) mass is 537 g/mol. The summed E-state index contributed by atoms with van der Waals surface area (Å²) >= 11 is 0.659. The number of anilines is 1. The van der Waals surface area contributed by atoms with E-state index >= 15 is 0 Å². The Balaban J connectivity index is 1.28. The minimum absolute atomic E-state index is 0.0484. The van der Waals surface area contributed by atoms with Crippen LogP contribution >= 0.6 is 11.8 Å². The van der Waals surface area contributed by atoms with Gasteiger partial charge in [-0.15, -0.1) is 0 Å². The number of methoxy groups -OCH3 is 1. The molecule has 5 rings (SSSR count). The Bertz CT molecular complexity index is 1500. The van der Waals surface area contributed by atoms with E-state index in [1.807, 2.05) is 0 Å². The highest BCUT2D eigenvalue weighted by atomic mass is 32.2. The zero-order valence-corrected chi connectivity index (χ0v) is 20.6. The summed E-state index contributed by atoms with van der Waals surface area (Å²) in [5, 5.41) is 13.5. The summed E-state index contributed by atoms with van der Waals surface area (Å²) < 4.78 is 21.7. The first kappa shape index (κ1) is 24.9. The smallest absolute Gasteiger partial charge is 0.294 e. The van der Waals surface area contributed by atoms with Gasteiger partial charge in [0, 0.05) is 17.8 Å². The molecular weight excluding hydrogens is 518 g/mol. The minimum atomic E-state index is -0.661. The Morgan fingerprint density at radius 2 is 1.92 bits per heavy atom. The lowest BCUT2D eigenvalue weighted by atomic mass is 10.1. The van der Waals surface area contributed by atoms with Gasteiger partial charge in [-0.05, 0) is 48.2 Å². The van der Waals surface area contributed by atoms with Crippen molar-refractivity contribution in [2.45, 2.75) is 0 Å². The average molecular weight is 538 g/mol. The van der Waals surface area contributed by atoms with E-state index in [4.69, 9.17) is 18.6 Å². The van der Waals surface area contributed by atoms with E-state index in [0.29, 0.717) is 47.9 Å². The van der Waals surface area contributed by atoms with E-state index in [0.717, 1.165) is 4.90 Å². The number of imide groups is 1. The van der Waals surface area contributed by atoms with Gasteiger partial charge in [-0.25, -0.2) is 0 Å². The van der Waals surface area contributed by atoms with Crippen LogP contribution in [0.2, 0.25) is 0 Å². The number of nitrogens with one attached hydrogen (secondary N) is 1. The number of fused-ring (bicyclic) bond motifs is 1. The number of amides is 3. The van der Waals surface area contributed by atoms with E-state index in [-0.39, 0.29) is 27.7 Å². The number of nitro benzene ring substituents is 1. The molecule has 3 heterocycles. The number of carbonyl (C=O) groups is 3. The molecule has 0 bridgehead atoms. The maximum atomic E-state index is 12.8. The summed E-state index contributed by atoms with van der Waals surface area (Å²) in [5.41, 5.74) is 0.437. The van der Waals surface area contributed by atoms with Gasteiger partial charge >= 0.3 is 0 Å². The third-order valence-electron chi connectivity index (χ3n) is 5.57. The maximum absolute atomic E-state index is 12.8. The van der Waals surface area contributed by atoms with Crippen LogP contribution in [-0.2, 0) is 9.59 Å². The molecule has 2 aliphatic rings. The number of nitrogens with zero attached hydrogens (tertiary/aromatic N) is 2. The molecule has 1 fully saturated rings. The van der Waals surface area contributed by atoms with Crippen LogP contribution in [0.25, 0.3) is 17.4 Å². The number of nitro groups is 1. The van der Waals surface area contributed by atoms with Crippen LogP contribution in [0.3, 0.4) is 0 Å². The van der Waals surface area contributed by atoms with Crippen LogP contribution in [0, 0.1) is 10.1 Å². The van der Waals surface area contributed by atoms with Gasteiger partial charge in [-0.1, -0.05) is 0 Å². The quantitative estimate of drug-likeness (QED) is 0.262. The number of hydrogen-bond donors (Lipinski definition) is 1. The summed E-state index contributed by atoms with van der Waals surface area (Å²) in [4.78, 5) is 49.7. The molecule has 38 heavy (non-hydrogen) atoms. The molecular formula is C25H19N3O9S. The van der Waals surface area contributed by atoms with Crippen LogP contribution in [0.5, 0.6) is 17.2 Å². The second-order valence-electron chi connectivity index (χ2n) is 8.02. The highest BCUT2D eigenvalue weighted by molar-refractivity contribution is 8.18. The maximum Gasteiger partial charge on any atom is 0.294 e. The highest BCUT2D eigenvalue weighted by Gasteiger charge is 2.36. The average Bonchev–Trinajstić information content (AvgIpc) is 3.48. The van der Waals surface area contributed by atoms with Crippen molar-refractivity contribution in [3.05, 3.63) is 69.3 Å². The fourth-order valence-electron chi connectivity index (χ4n) is 3.80. The Labute approximate surface area is 219 Å². The number of rotatable bonds is 7. The summed E-state index contributed by atoms with van der Waals surface area (Å²) in [5.74, 6) is 0.538. The second kappa shape index (κ2) is 10.3. The molecule has 0 saturated carbocycles. The van der Waals surface area contributed by atoms with Gasteiger partial charge in [0.1, 0.15) is 37.0 Å². The fraction of sp³-hybridized carbons (Fsp3) is 0.160. The lowest BCUT2D eigenvalue weighted by molar-refractivity contribution is -0.384. The molecule has 0 radical (unpaired) electrons. The van der Waals surface area contributed by atoms with Crippen LogP contribution in [0.1, 0.15) is 5.76 Å². The Morgan fingerprint density at radius 3 is 2.68 bits per heavy atom. The van der Waals surface area contributed by atoms with Gasteiger partial charge in [-0.3, -0.25) is 29.4 Å². The number of ether oxygens (including phenoxy) is 3. The molecule has 1 N–H and O–H groups in total. The van der Waals surface area contributed by atoms with E-state index in [1.165, 1.54) is 37.5 Å². The molecule has 2 aromatic carbocycles. The fourth-order valence-corrected chi connectivity index (χ4v) is 4.62. The summed E-state index contributed by atoms with van der Waals surface area (Å²) in [6.07, 6.45) is 1.35.